The number of carbonyl (C=O) groups is 2. The predicted molar refractivity (Wildman–Crippen MR) is 67.1 cm³/mol. The van der Waals surface area contributed by atoms with Gasteiger partial charge in [-0.2, -0.15) is 0 Å². The van der Waals surface area contributed by atoms with Crippen molar-refractivity contribution in [2.24, 2.45) is 17.8 Å². The summed E-state index contributed by atoms with van der Waals surface area (Å²) in [7, 11) is 0. The molecule has 1 aliphatic carbocycles. The van der Waals surface area contributed by atoms with E-state index >= 15 is 0 Å². The minimum absolute atomic E-state index is 0.138. The van der Waals surface area contributed by atoms with Gasteiger partial charge in [-0.25, -0.2) is 0 Å². The Balaban J connectivity index is 2.21. The van der Waals surface area contributed by atoms with Gasteiger partial charge >= 0.3 is 5.97 Å². The van der Waals surface area contributed by atoms with E-state index in [0.717, 1.165) is 6.42 Å². The second-order valence-corrected chi connectivity index (χ2v) is 5.10. The second kappa shape index (κ2) is 6.73. The monoisotopic (exact) mass is 257 g/mol. The quantitative estimate of drug-likeness (QED) is 0.686. The lowest BCUT2D eigenvalue weighted by Gasteiger charge is -2.20. The summed E-state index contributed by atoms with van der Waals surface area (Å²) in [5, 5.41) is 11.5. The Kier molecular flexibility index (Phi) is 5.59. The van der Waals surface area contributed by atoms with E-state index < -0.39 is 11.9 Å². The first kappa shape index (κ1) is 15.0. The van der Waals surface area contributed by atoms with Crippen LogP contribution in [0.5, 0.6) is 0 Å². The average Bonchev–Trinajstić information content (AvgIpc) is 3.07. The SMILES string of the molecule is CCOC(CCNC(=O)C1CC1C(=O)O)C(C)C. The molecule has 3 atom stereocenters. The molecule has 0 heterocycles. The van der Waals surface area contributed by atoms with Crippen molar-refractivity contribution in [1.82, 2.24) is 5.32 Å². The minimum atomic E-state index is -0.871. The molecule has 0 aromatic heterocycles. The van der Waals surface area contributed by atoms with Crippen molar-refractivity contribution in [3.8, 4) is 0 Å². The number of carboxylic acid groups (broad SMARTS) is 1. The summed E-state index contributed by atoms with van der Waals surface area (Å²) in [6.07, 6.45) is 1.38. The van der Waals surface area contributed by atoms with Crippen molar-refractivity contribution in [1.29, 1.82) is 0 Å². The van der Waals surface area contributed by atoms with Gasteiger partial charge in [-0.15, -0.1) is 0 Å². The summed E-state index contributed by atoms with van der Waals surface area (Å²) in [5.41, 5.74) is 0. The molecular weight excluding hydrogens is 234 g/mol. The van der Waals surface area contributed by atoms with E-state index in [1.165, 1.54) is 0 Å². The van der Waals surface area contributed by atoms with Gasteiger partial charge in [0, 0.05) is 13.2 Å². The van der Waals surface area contributed by atoms with Crippen LogP contribution in [0.15, 0.2) is 0 Å². The zero-order chi connectivity index (χ0) is 13.7. The number of nitrogens with one attached hydrogen (secondary N) is 1. The van der Waals surface area contributed by atoms with Gasteiger partial charge < -0.3 is 15.2 Å². The van der Waals surface area contributed by atoms with Crippen molar-refractivity contribution < 1.29 is 19.4 Å². The molecule has 2 N–H and O–H groups in total. The molecule has 0 spiro atoms. The lowest BCUT2D eigenvalue weighted by atomic mass is 10.0. The normalized spacial score (nSPS) is 23.8. The number of rotatable bonds is 8. The van der Waals surface area contributed by atoms with Crippen molar-refractivity contribution in [3.63, 3.8) is 0 Å². The Morgan fingerprint density at radius 1 is 1.39 bits per heavy atom. The molecule has 3 unspecified atom stereocenters. The molecule has 0 radical (unpaired) electrons. The highest BCUT2D eigenvalue weighted by atomic mass is 16.5. The van der Waals surface area contributed by atoms with Crippen LogP contribution in [0.1, 0.15) is 33.6 Å². The summed E-state index contributed by atoms with van der Waals surface area (Å²) < 4.78 is 5.58. The fourth-order valence-electron chi connectivity index (χ4n) is 2.05. The summed E-state index contributed by atoms with van der Waals surface area (Å²) in [4.78, 5) is 22.2. The zero-order valence-electron chi connectivity index (χ0n) is 11.3. The van der Waals surface area contributed by atoms with Gasteiger partial charge in [0.2, 0.25) is 5.91 Å². The molecule has 1 saturated carbocycles. The van der Waals surface area contributed by atoms with Crippen LogP contribution in [0.25, 0.3) is 0 Å². The molecule has 0 aromatic carbocycles. The molecule has 0 bridgehead atoms. The Labute approximate surface area is 108 Å². The average molecular weight is 257 g/mol. The van der Waals surface area contributed by atoms with Crippen LogP contribution in [-0.4, -0.2) is 36.2 Å². The van der Waals surface area contributed by atoms with Crippen LogP contribution < -0.4 is 5.32 Å². The first-order valence-electron chi connectivity index (χ1n) is 6.59. The van der Waals surface area contributed by atoms with Gasteiger partial charge in [0.1, 0.15) is 0 Å². The summed E-state index contributed by atoms with van der Waals surface area (Å²) in [6.45, 7) is 7.34. The predicted octanol–water partition coefficient (Wildman–Crippen LogP) is 1.27. The van der Waals surface area contributed by atoms with Crippen LogP contribution >= 0.6 is 0 Å². The molecule has 0 saturated heterocycles. The van der Waals surface area contributed by atoms with Crippen LogP contribution in [0.4, 0.5) is 0 Å². The number of hydrogen-bond acceptors (Lipinski definition) is 3. The maximum absolute atomic E-state index is 11.6. The fourth-order valence-corrected chi connectivity index (χ4v) is 2.05. The third-order valence-corrected chi connectivity index (χ3v) is 3.30. The van der Waals surface area contributed by atoms with Crippen LogP contribution in [0, 0.1) is 17.8 Å². The molecule has 18 heavy (non-hydrogen) atoms. The van der Waals surface area contributed by atoms with Crippen LogP contribution in [-0.2, 0) is 14.3 Å². The van der Waals surface area contributed by atoms with E-state index in [1.54, 1.807) is 0 Å². The fraction of sp³-hybridized carbons (Fsp3) is 0.846. The second-order valence-electron chi connectivity index (χ2n) is 5.10. The van der Waals surface area contributed by atoms with Crippen molar-refractivity contribution in [3.05, 3.63) is 0 Å². The Morgan fingerprint density at radius 2 is 2.06 bits per heavy atom. The van der Waals surface area contributed by atoms with E-state index in [4.69, 9.17) is 9.84 Å². The number of aliphatic carboxylic acids is 1. The molecule has 1 amide bonds. The van der Waals surface area contributed by atoms with Gasteiger partial charge in [-0.3, -0.25) is 9.59 Å². The Bertz CT molecular complexity index is 303. The number of hydrogen-bond donors (Lipinski definition) is 2. The number of amides is 1. The van der Waals surface area contributed by atoms with Crippen LogP contribution in [0.2, 0.25) is 0 Å². The highest BCUT2D eigenvalue weighted by Gasteiger charge is 2.48. The van der Waals surface area contributed by atoms with Gasteiger partial charge in [0.05, 0.1) is 17.9 Å². The molecule has 1 aliphatic rings. The van der Waals surface area contributed by atoms with E-state index in [9.17, 15) is 9.59 Å². The molecule has 1 fully saturated rings. The highest BCUT2D eigenvalue weighted by Crippen LogP contribution is 2.38. The lowest BCUT2D eigenvalue weighted by Crippen LogP contribution is -2.31. The van der Waals surface area contributed by atoms with E-state index in [0.29, 0.717) is 25.5 Å². The van der Waals surface area contributed by atoms with Crippen molar-refractivity contribution in [2.75, 3.05) is 13.2 Å². The number of carboxylic acids is 1. The molecule has 0 aromatic rings. The van der Waals surface area contributed by atoms with E-state index in [1.807, 2.05) is 6.92 Å². The lowest BCUT2D eigenvalue weighted by molar-refractivity contribution is -0.140. The van der Waals surface area contributed by atoms with Crippen molar-refractivity contribution >= 4 is 11.9 Å². The number of ether oxygens (including phenoxy) is 1. The third-order valence-electron chi connectivity index (χ3n) is 3.30. The first-order valence-corrected chi connectivity index (χ1v) is 6.59. The Hall–Kier alpha value is -1.10. The van der Waals surface area contributed by atoms with Crippen LogP contribution in [0.3, 0.4) is 0 Å². The molecule has 5 nitrogen and oxygen atoms in total. The van der Waals surface area contributed by atoms with Gasteiger partial charge in [0.25, 0.3) is 0 Å². The molecule has 0 aliphatic heterocycles. The molecule has 104 valence electrons. The first-order chi connectivity index (χ1) is 8.47. The summed E-state index contributed by atoms with van der Waals surface area (Å²) >= 11 is 0. The van der Waals surface area contributed by atoms with Gasteiger partial charge in [0.15, 0.2) is 0 Å². The third kappa shape index (κ3) is 4.29. The zero-order valence-corrected chi connectivity index (χ0v) is 11.3. The number of carbonyl (C=O) groups excluding carboxylic acids is 1. The topological polar surface area (TPSA) is 75.6 Å². The minimum Gasteiger partial charge on any atom is -0.481 e. The standard InChI is InChI=1S/C13H23NO4/c1-4-18-11(8(2)3)5-6-14-12(15)9-7-10(9)13(16)17/h8-11H,4-7H2,1-3H3,(H,14,15)(H,16,17). The van der Waals surface area contributed by atoms with Gasteiger partial charge in [-0.05, 0) is 25.7 Å². The maximum atomic E-state index is 11.6. The summed E-state index contributed by atoms with van der Waals surface area (Å²) in [6, 6.07) is 0. The van der Waals surface area contributed by atoms with Crippen molar-refractivity contribution in [2.45, 2.75) is 39.7 Å². The maximum Gasteiger partial charge on any atom is 0.307 e. The smallest absolute Gasteiger partial charge is 0.307 e. The summed E-state index contributed by atoms with van der Waals surface area (Å²) in [5.74, 6) is -1.40. The molecule has 5 heteroatoms. The van der Waals surface area contributed by atoms with Gasteiger partial charge in [-0.1, -0.05) is 13.8 Å². The Morgan fingerprint density at radius 3 is 2.50 bits per heavy atom. The van der Waals surface area contributed by atoms with E-state index in [2.05, 4.69) is 19.2 Å². The van der Waals surface area contributed by atoms with E-state index in [-0.39, 0.29) is 17.9 Å². The largest absolute Gasteiger partial charge is 0.481 e. The molecule has 1 rings (SSSR count). The highest BCUT2D eigenvalue weighted by molar-refractivity contribution is 5.89. The molecular formula is C13H23NO4.